The van der Waals surface area contributed by atoms with E-state index in [0.29, 0.717) is 5.41 Å². The highest BCUT2D eigenvalue weighted by atomic mass is 14.2. The average molecular weight is 292 g/mol. The van der Waals surface area contributed by atoms with Crippen LogP contribution in [0.1, 0.15) is 31.4 Å². The molecule has 2 aromatic rings. The van der Waals surface area contributed by atoms with Crippen molar-refractivity contribution in [3.63, 3.8) is 0 Å². The van der Waals surface area contributed by atoms with Gasteiger partial charge in [-0.05, 0) is 25.7 Å². The van der Waals surface area contributed by atoms with Gasteiger partial charge in [-0.25, -0.2) is 0 Å². The van der Waals surface area contributed by atoms with E-state index in [-0.39, 0.29) is 0 Å². The largest absolute Gasteiger partial charge is 0.0837 e. The SMILES string of the molecule is CC1(C)C=CC=CC1.Cc1ccccc1.Cc1ccccc1. The molecule has 1 aliphatic carbocycles. The van der Waals surface area contributed by atoms with Crippen LogP contribution in [0.2, 0.25) is 0 Å². The number of rotatable bonds is 0. The highest BCUT2D eigenvalue weighted by Gasteiger charge is 2.11. The highest BCUT2D eigenvalue weighted by Crippen LogP contribution is 2.24. The summed E-state index contributed by atoms with van der Waals surface area (Å²) in [5.74, 6) is 0. The molecule has 0 unspecified atom stereocenters. The predicted molar refractivity (Wildman–Crippen MR) is 99.0 cm³/mol. The summed E-state index contributed by atoms with van der Waals surface area (Å²) >= 11 is 0. The second kappa shape index (κ2) is 9.78. The second-order valence-corrected chi connectivity index (χ2v) is 6.29. The molecule has 0 aromatic heterocycles. The Morgan fingerprint density at radius 1 is 0.682 bits per heavy atom. The van der Waals surface area contributed by atoms with Gasteiger partial charge in [0.05, 0.1) is 0 Å². The van der Waals surface area contributed by atoms with Crippen LogP contribution in [-0.2, 0) is 0 Å². The Kier molecular flexibility index (Phi) is 7.99. The molecule has 0 heterocycles. The van der Waals surface area contributed by atoms with Crippen LogP contribution >= 0.6 is 0 Å². The van der Waals surface area contributed by atoms with Crippen molar-refractivity contribution in [1.82, 2.24) is 0 Å². The molecule has 0 radical (unpaired) electrons. The van der Waals surface area contributed by atoms with E-state index >= 15 is 0 Å². The lowest BCUT2D eigenvalue weighted by Gasteiger charge is -2.19. The molecule has 0 spiro atoms. The van der Waals surface area contributed by atoms with Crippen LogP contribution in [0.4, 0.5) is 0 Å². The third-order valence-electron chi connectivity index (χ3n) is 3.32. The molecule has 0 N–H and O–H groups in total. The van der Waals surface area contributed by atoms with Gasteiger partial charge in [0.25, 0.3) is 0 Å². The number of allylic oxidation sites excluding steroid dienone is 4. The molecular weight excluding hydrogens is 264 g/mol. The topological polar surface area (TPSA) is 0 Å². The van der Waals surface area contributed by atoms with E-state index < -0.39 is 0 Å². The molecule has 0 saturated heterocycles. The summed E-state index contributed by atoms with van der Waals surface area (Å²) in [5.41, 5.74) is 3.05. The fourth-order valence-electron chi connectivity index (χ4n) is 1.90. The lowest BCUT2D eigenvalue weighted by Crippen LogP contribution is -2.06. The quantitative estimate of drug-likeness (QED) is 0.518. The van der Waals surface area contributed by atoms with Gasteiger partial charge < -0.3 is 0 Å². The van der Waals surface area contributed by atoms with Gasteiger partial charge in [0, 0.05) is 0 Å². The first kappa shape index (κ1) is 18.0. The summed E-state index contributed by atoms with van der Waals surface area (Å²) in [6, 6.07) is 20.5. The Labute approximate surface area is 136 Å². The van der Waals surface area contributed by atoms with Crippen LogP contribution in [-0.4, -0.2) is 0 Å². The fourth-order valence-corrected chi connectivity index (χ4v) is 1.90. The maximum absolute atomic E-state index is 2.24. The van der Waals surface area contributed by atoms with Crippen LogP contribution in [0.25, 0.3) is 0 Å². The molecular formula is C22H28. The van der Waals surface area contributed by atoms with Crippen LogP contribution in [0.3, 0.4) is 0 Å². The first-order valence-corrected chi connectivity index (χ1v) is 7.87. The monoisotopic (exact) mass is 292 g/mol. The average Bonchev–Trinajstić information content (AvgIpc) is 2.50. The van der Waals surface area contributed by atoms with Crippen molar-refractivity contribution >= 4 is 0 Å². The van der Waals surface area contributed by atoms with E-state index in [0.717, 1.165) is 0 Å². The van der Waals surface area contributed by atoms with Crippen LogP contribution in [0.15, 0.2) is 85.0 Å². The standard InChI is InChI=1S/C8H12.2C7H8/c1-8(2)6-4-3-5-7-8;2*1-7-5-3-2-4-6-7/h3-6H,7H2,1-2H3;2*2-6H,1H3. The van der Waals surface area contributed by atoms with E-state index in [4.69, 9.17) is 0 Å². The summed E-state index contributed by atoms with van der Waals surface area (Å²) in [5, 5.41) is 0. The van der Waals surface area contributed by atoms with E-state index in [1.54, 1.807) is 0 Å². The molecule has 0 amide bonds. The number of hydrogen-bond donors (Lipinski definition) is 0. The smallest absolute Gasteiger partial charge is 0.0137 e. The first-order chi connectivity index (χ1) is 10.5. The van der Waals surface area contributed by atoms with Crippen LogP contribution in [0, 0.1) is 19.3 Å². The van der Waals surface area contributed by atoms with Gasteiger partial charge in [-0.1, -0.05) is 110 Å². The Bertz CT molecular complexity index is 522. The van der Waals surface area contributed by atoms with Gasteiger partial charge in [-0.15, -0.1) is 0 Å². The van der Waals surface area contributed by atoms with Crippen LogP contribution < -0.4 is 0 Å². The van der Waals surface area contributed by atoms with Gasteiger partial charge in [-0.3, -0.25) is 0 Å². The third kappa shape index (κ3) is 8.97. The lowest BCUT2D eigenvalue weighted by molar-refractivity contribution is 0.484. The van der Waals surface area contributed by atoms with Crippen molar-refractivity contribution in [2.24, 2.45) is 5.41 Å². The molecule has 1 aliphatic rings. The molecule has 0 atom stereocenters. The van der Waals surface area contributed by atoms with Crippen molar-refractivity contribution in [1.29, 1.82) is 0 Å². The Hall–Kier alpha value is -2.08. The molecule has 0 bridgehead atoms. The fraction of sp³-hybridized carbons (Fsp3) is 0.273. The van der Waals surface area contributed by atoms with E-state index in [1.165, 1.54) is 17.5 Å². The third-order valence-corrected chi connectivity index (χ3v) is 3.32. The molecule has 22 heavy (non-hydrogen) atoms. The van der Waals surface area contributed by atoms with Crippen molar-refractivity contribution in [2.75, 3.05) is 0 Å². The Morgan fingerprint density at radius 2 is 1.14 bits per heavy atom. The molecule has 3 rings (SSSR count). The zero-order valence-corrected chi connectivity index (χ0v) is 14.3. The molecule has 0 fully saturated rings. The van der Waals surface area contributed by atoms with Gasteiger partial charge in [-0.2, -0.15) is 0 Å². The molecule has 116 valence electrons. The van der Waals surface area contributed by atoms with Gasteiger partial charge in [0.2, 0.25) is 0 Å². The summed E-state index contributed by atoms with van der Waals surface area (Å²) in [7, 11) is 0. The van der Waals surface area contributed by atoms with Crippen LogP contribution in [0.5, 0.6) is 0 Å². The minimum atomic E-state index is 0.411. The summed E-state index contributed by atoms with van der Waals surface area (Å²) in [4.78, 5) is 0. The minimum absolute atomic E-state index is 0.411. The number of hydrogen-bond acceptors (Lipinski definition) is 0. The van der Waals surface area contributed by atoms with Gasteiger partial charge in [0.1, 0.15) is 0 Å². The van der Waals surface area contributed by atoms with Crippen molar-refractivity contribution < 1.29 is 0 Å². The molecule has 0 aliphatic heterocycles. The maximum Gasteiger partial charge on any atom is -0.0137 e. The summed E-state index contributed by atoms with van der Waals surface area (Å²) in [6.07, 6.45) is 9.85. The normalized spacial score (nSPS) is 14.2. The zero-order valence-electron chi connectivity index (χ0n) is 14.3. The van der Waals surface area contributed by atoms with E-state index in [2.05, 4.69) is 76.3 Å². The van der Waals surface area contributed by atoms with Crippen molar-refractivity contribution in [3.8, 4) is 0 Å². The highest BCUT2D eigenvalue weighted by molar-refractivity contribution is 5.14. The molecule has 0 heteroatoms. The first-order valence-electron chi connectivity index (χ1n) is 7.87. The minimum Gasteiger partial charge on any atom is -0.0837 e. The molecule has 0 nitrogen and oxygen atoms in total. The van der Waals surface area contributed by atoms with Crippen molar-refractivity contribution in [2.45, 2.75) is 34.1 Å². The zero-order chi connectivity index (χ0) is 16.3. The maximum atomic E-state index is 2.24. The molecule has 2 aromatic carbocycles. The Balaban J connectivity index is 0.000000166. The summed E-state index contributed by atoms with van der Waals surface area (Å²) in [6.45, 7) is 8.65. The number of benzene rings is 2. The second-order valence-electron chi connectivity index (χ2n) is 6.29. The van der Waals surface area contributed by atoms with E-state index in [1.807, 2.05) is 36.4 Å². The summed E-state index contributed by atoms with van der Waals surface area (Å²) < 4.78 is 0. The predicted octanol–water partition coefficient (Wildman–Crippen LogP) is 6.52. The number of aryl methyl sites for hydroxylation is 2. The lowest BCUT2D eigenvalue weighted by atomic mass is 9.86. The Morgan fingerprint density at radius 3 is 1.32 bits per heavy atom. The van der Waals surface area contributed by atoms with Gasteiger partial charge in [0.15, 0.2) is 0 Å². The van der Waals surface area contributed by atoms with E-state index in [9.17, 15) is 0 Å². The van der Waals surface area contributed by atoms with Crippen molar-refractivity contribution in [3.05, 3.63) is 96.1 Å². The molecule has 0 saturated carbocycles. The van der Waals surface area contributed by atoms with Gasteiger partial charge >= 0.3 is 0 Å².